The van der Waals surface area contributed by atoms with Crippen molar-refractivity contribution in [2.75, 3.05) is 0 Å². The number of ether oxygens (including phenoxy) is 1. The van der Waals surface area contributed by atoms with Crippen LogP contribution in [-0.4, -0.2) is 11.6 Å². The van der Waals surface area contributed by atoms with E-state index in [0.717, 1.165) is 19.3 Å². The van der Waals surface area contributed by atoms with Gasteiger partial charge in [-0.3, -0.25) is 4.79 Å². The first kappa shape index (κ1) is 12.2. The first-order chi connectivity index (χ1) is 8.06. The van der Waals surface area contributed by atoms with Crippen LogP contribution in [0.2, 0.25) is 5.02 Å². The maximum atomic E-state index is 12.0. The van der Waals surface area contributed by atoms with E-state index in [-0.39, 0.29) is 5.91 Å². The zero-order chi connectivity index (χ0) is 12.5. The van der Waals surface area contributed by atoms with Gasteiger partial charge in [0.25, 0.3) is 5.91 Å². The zero-order valence-electron chi connectivity index (χ0n) is 10.0. The molecular formula is C13H16ClNO2. The summed E-state index contributed by atoms with van der Waals surface area (Å²) in [5, 5.41) is 3.38. The average Bonchev–Trinajstić information content (AvgIpc) is 2.28. The summed E-state index contributed by atoms with van der Waals surface area (Å²) < 4.78 is 5.86. The summed E-state index contributed by atoms with van der Waals surface area (Å²) in [6.07, 6.45) is 2.83. The van der Waals surface area contributed by atoms with Crippen molar-refractivity contribution in [2.45, 2.75) is 38.8 Å². The Balaban J connectivity index is 2.31. The van der Waals surface area contributed by atoms with Crippen molar-refractivity contribution in [1.29, 1.82) is 0 Å². The molecule has 0 fully saturated rings. The average molecular weight is 254 g/mol. The number of para-hydroxylation sites is 1. The molecule has 17 heavy (non-hydrogen) atoms. The Morgan fingerprint density at radius 3 is 2.94 bits per heavy atom. The Hall–Kier alpha value is -1.22. The van der Waals surface area contributed by atoms with Crippen LogP contribution in [0.3, 0.4) is 0 Å². The third kappa shape index (κ3) is 2.39. The fourth-order valence-electron chi connectivity index (χ4n) is 1.98. The van der Waals surface area contributed by atoms with Crippen LogP contribution in [0.15, 0.2) is 18.2 Å². The predicted molar refractivity (Wildman–Crippen MR) is 67.5 cm³/mol. The Labute approximate surface area is 106 Å². The fourth-order valence-corrected chi connectivity index (χ4v) is 2.19. The normalized spacial score (nSPS) is 22.6. The number of benzene rings is 1. The summed E-state index contributed by atoms with van der Waals surface area (Å²) >= 11 is 6.06. The van der Waals surface area contributed by atoms with Crippen molar-refractivity contribution in [2.24, 2.45) is 0 Å². The van der Waals surface area contributed by atoms with Gasteiger partial charge in [-0.25, -0.2) is 0 Å². The monoisotopic (exact) mass is 253 g/mol. The third-order valence-corrected chi connectivity index (χ3v) is 3.22. The van der Waals surface area contributed by atoms with E-state index in [0.29, 0.717) is 16.3 Å². The lowest BCUT2D eigenvalue weighted by Crippen LogP contribution is -2.53. The lowest BCUT2D eigenvalue weighted by Gasteiger charge is -2.36. The molecule has 0 spiro atoms. The van der Waals surface area contributed by atoms with Gasteiger partial charge >= 0.3 is 0 Å². The van der Waals surface area contributed by atoms with Gasteiger partial charge in [0.15, 0.2) is 11.5 Å². The number of carbonyl (C=O) groups excluding carboxylic acids is 1. The molecule has 1 atom stereocenters. The minimum atomic E-state index is -0.648. The molecule has 0 saturated heterocycles. The number of unbranched alkanes of at least 4 members (excludes halogenated alkanes) is 1. The van der Waals surface area contributed by atoms with Gasteiger partial charge in [0.05, 0.1) is 10.6 Å². The number of hydrogen-bond donors (Lipinski definition) is 1. The summed E-state index contributed by atoms with van der Waals surface area (Å²) in [4.78, 5) is 12.0. The van der Waals surface area contributed by atoms with Crippen molar-refractivity contribution in [3.05, 3.63) is 28.8 Å². The minimum Gasteiger partial charge on any atom is -0.466 e. The molecule has 0 saturated carbocycles. The van der Waals surface area contributed by atoms with E-state index in [9.17, 15) is 4.79 Å². The highest BCUT2D eigenvalue weighted by Crippen LogP contribution is 2.35. The number of amides is 1. The van der Waals surface area contributed by atoms with Crippen LogP contribution < -0.4 is 10.1 Å². The second kappa shape index (κ2) is 4.57. The molecule has 1 aromatic rings. The summed E-state index contributed by atoms with van der Waals surface area (Å²) in [5.41, 5.74) is -0.142. The van der Waals surface area contributed by atoms with Gasteiger partial charge in [0.2, 0.25) is 0 Å². The molecule has 1 amide bonds. The van der Waals surface area contributed by atoms with E-state index in [1.807, 2.05) is 6.92 Å². The molecule has 3 nitrogen and oxygen atoms in total. The third-order valence-electron chi connectivity index (χ3n) is 2.92. The summed E-state index contributed by atoms with van der Waals surface area (Å²) in [5.74, 6) is 0.379. The molecule has 1 N–H and O–H groups in total. The Morgan fingerprint density at radius 2 is 2.24 bits per heavy atom. The predicted octanol–water partition coefficient (Wildman–Crippen LogP) is 3.37. The van der Waals surface area contributed by atoms with Crippen LogP contribution in [0.4, 0.5) is 0 Å². The molecule has 1 heterocycles. The quantitative estimate of drug-likeness (QED) is 0.897. The van der Waals surface area contributed by atoms with E-state index in [1.54, 1.807) is 18.2 Å². The van der Waals surface area contributed by atoms with E-state index >= 15 is 0 Å². The van der Waals surface area contributed by atoms with Crippen molar-refractivity contribution in [3.63, 3.8) is 0 Å². The molecule has 0 radical (unpaired) electrons. The van der Waals surface area contributed by atoms with E-state index in [2.05, 4.69) is 12.2 Å². The van der Waals surface area contributed by atoms with Crippen molar-refractivity contribution in [1.82, 2.24) is 5.32 Å². The smallest absolute Gasteiger partial charge is 0.258 e. The standard InChI is InChI=1S/C13H16ClNO2/c1-3-4-8-13(2)15-12(16)9-6-5-7-10(14)11(9)17-13/h5-7H,3-4,8H2,1-2H3,(H,15,16). The van der Waals surface area contributed by atoms with Gasteiger partial charge < -0.3 is 10.1 Å². The molecule has 1 aliphatic rings. The topological polar surface area (TPSA) is 38.3 Å². The zero-order valence-corrected chi connectivity index (χ0v) is 10.8. The summed E-state index contributed by atoms with van der Waals surface area (Å²) in [6, 6.07) is 5.20. The minimum absolute atomic E-state index is 0.118. The number of halogens is 1. The molecule has 0 aromatic heterocycles. The van der Waals surface area contributed by atoms with Crippen LogP contribution in [0.1, 0.15) is 43.5 Å². The van der Waals surface area contributed by atoms with Gasteiger partial charge in [0, 0.05) is 6.42 Å². The van der Waals surface area contributed by atoms with Gasteiger partial charge in [-0.2, -0.15) is 0 Å². The first-order valence-electron chi connectivity index (χ1n) is 5.86. The maximum absolute atomic E-state index is 12.0. The number of hydrogen-bond acceptors (Lipinski definition) is 2. The molecule has 1 aliphatic heterocycles. The molecule has 1 aromatic carbocycles. The summed E-state index contributed by atoms with van der Waals surface area (Å²) in [6.45, 7) is 3.99. The molecule has 4 heteroatoms. The summed E-state index contributed by atoms with van der Waals surface area (Å²) in [7, 11) is 0. The largest absolute Gasteiger partial charge is 0.466 e. The second-order valence-corrected chi connectivity index (χ2v) is 4.91. The van der Waals surface area contributed by atoms with E-state index in [4.69, 9.17) is 16.3 Å². The molecule has 92 valence electrons. The maximum Gasteiger partial charge on any atom is 0.258 e. The van der Waals surface area contributed by atoms with Crippen molar-refractivity contribution >= 4 is 17.5 Å². The van der Waals surface area contributed by atoms with E-state index in [1.165, 1.54) is 0 Å². The molecule has 1 unspecified atom stereocenters. The SMILES string of the molecule is CCCCC1(C)NC(=O)c2cccc(Cl)c2O1. The van der Waals surface area contributed by atoms with Crippen LogP contribution >= 0.6 is 11.6 Å². The van der Waals surface area contributed by atoms with Gasteiger partial charge in [0.1, 0.15) is 0 Å². The number of nitrogens with one attached hydrogen (secondary N) is 1. The van der Waals surface area contributed by atoms with Crippen molar-refractivity contribution in [3.8, 4) is 5.75 Å². The molecule has 2 rings (SSSR count). The number of carbonyl (C=O) groups is 1. The Kier molecular flexibility index (Phi) is 3.29. The number of rotatable bonds is 3. The number of fused-ring (bicyclic) bond motifs is 1. The highest BCUT2D eigenvalue weighted by molar-refractivity contribution is 6.32. The Morgan fingerprint density at radius 1 is 1.47 bits per heavy atom. The van der Waals surface area contributed by atoms with E-state index < -0.39 is 5.72 Å². The van der Waals surface area contributed by atoms with Crippen LogP contribution in [0.5, 0.6) is 5.75 Å². The van der Waals surface area contributed by atoms with Crippen LogP contribution in [0.25, 0.3) is 0 Å². The van der Waals surface area contributed by atoms with Crippen LogP contribution in [0, 0.1) is 0 Å². The lowest BCUT2D eigenvalue weighted by atomic mass is 10.0. The van der Waals surface area contributed by atoms with Crippen molar-refractivity contribution < 1.29 is 9.53 Å². The lowest BCUT2D eigenvalue weighted by molar-refractivity contribution is 0.0244. The van der Waals surface area contributed by atoms with Gasteiger partial charge in [-0.05, 0) is 25.5 Å². The first-order valence-corrected chi connectivity index (χ1v) is 6.23. The van der Waals surface area contributed by atoms with Crippen LogP contribution in [-0.2, 0) is 0 Å². The highest BCUT2D eigenvalue weighted by atomic mass is 35.5. The molecular weight excluding hydrogens is 238 g/mol. The van der Waals surface area contributed by atoms with Gasteiger partial charge in [-0.1, -0.05) is 31.0 Å². The fraction of sp³-hybridized carbons (Fsp3) is 0.462. The second-order valence-electron chi connectivity index (χ2n) is 4.51. The highest BCUT2D eigenvalue weighted by Gasteiger charge is 2.35. The molecule has 0 aliphatic carbocycles. The Bertz CT molecular complexity index is 447. The molecule has 0 bridgehead atoms. The van der Waals surface area contributed by atoms with Gasteiger partial charge in [-0.15, -0.1) is 0 Å².